The van der Waals surface area contributed by atoms with Crippen LogP contribution < -0.4 is 4.57 Å². The zero-order chi connectivity index (χ0) is 37.0. The molecule has 0 spiro atoms. The van der Waals surface area contributed by atoms with E-state index in [0.29, 0.717) is 0 Å². The Hall–Kier alpha value is -7.29. The van der Waals surface area contributed by atoms with Gasteiger partial charge in [0.1, 0.15) is 11.2 Å². The maximum Gasteiger partial charge on any atom is 0.208 e. The van der Waals surface area contributed by atoms with Gasteiger partial charge in [-0.25, -0.2) is 0 Å². The summed E-state index contributed by atoms with van der Waals surface area (Å²) in [5, 5.41) is 9.65. The molecule has 0 amide bonds. The van der Waals surface area contributed by atoms with Crippen molar-refractivity contribution in [3.05, 3.63) is 224 Å². The van der Waals surface area contributed by atoms with Crippen molar-refractivity contribution < 1.29 is 8.98 Å². The maximum absolute atomic E-state index is 6.50. The van der Waals surface area contributed by atoms with E-state index in [4.69, 9.17) is 4.42 Å². The van der Waals surface area contributed by atoms with Crippen molar-refractivity contribution >= 4 is 54.3 Å². The molecule has 0 fully saturated rings. The third-order valence-corrected chi connectivity index (χ3v) is 11.5. The Morgan fingerprint density at radius 3 is 1.62 bits per heavy atom. The summed E-state index contributed by atoms with van der Waals surface area (Å²) in [4.78, 5) is 0. The second-order valence-corrected chi connectivity index (χ2v) is 14.7. The first kappa shape index (κ1) is 32.2. The minimum Gasteiger partial charge on any atom is -0.455 e. The molecule has 0 aliphatic carbocycles. The highest BCUT2D eigenvalue weighted by atomic mass is 16.3. The van der Waals surface area contributed by atoms with Crippen molar-refractivity contribution in [1.29, 1.82) is 0 Å². The van der Waals surface area contributed by atoms with Gasteiger partial charge in [-0.2, -0.15) is 4.57 Å². The highest BCUT2D eigenvalue weighted by Gasteiger charge is 2.25. The normalized spacial score (nSPS) is 12.2. The van der Waals surface area contributed by atoms with Crippen LogP contribution >= 0.6 is 0 Å². The Bertz CT molecular complexity index is 3210. The van der Waals surface area contributed by atoms with Gasteiger partial charge in [0, 0.05) is 28.0 Å². The molecule has 0 N–H and O–H groups in total. The molecule has 0 aliphatic heterocycles. The van der Waals surface area contributed by atoms with Gasteiger partial charge in [-0.1, -0.05) is 176 Å². The van der Waals surface area contributed by atoms with Crippen LogP contribution in [0.5, 0.6) is 0 Å². The summed E-state index contributed by atoms with van der Waals surface area (Å²) in [6.45, 7) is 0. The highest BCUT2D eigenvalue weighted by Crippen LogP contribution is 2.37. The number of nitrogens with zero attached hydrogens (tertiary/aromatic N) is 1. The van der Waals surface area contributed by atoms with Crippen LogP contribution in [-0.4, -0.2) is 0 Å². The largest absolute Gasteiger partial charge is 0.455 e. The molecule has 0 radical (unpaired) electrons. The molecule has 262 valence electrons. The molecule has 11 aromatic rings. The van der Waals surface area contributed by atoms with Gasteiger partial charge in [-0.15, -0.1) is 0 Å². The van der Waals surface area contributed by atoms with E-state index in [2.05, 4.69) is 211 Å². The van der Waals surface area contributed by atoms with Gasteiger partial charge in [-0.3, -0.25) is 0 Å². The Balaban J connectivity index is 0.985. The number of aromatic nitrogens is 1. The van der Waals surface area contributed by atoms with Crippen molar-refractivity contribution in [2.24, 2.45) is 0 Å². The minimum atomic E-state index is -0.0542. The van der Waals surface area contributed by atoms with Crippen LogP contribution in [-0.2, 0) is 0 Å². The monoisotopic (exact) mass is 714 g/mol. The topological polar surface area (TPSA) is 17.0 Å². The second kappa shape index (κ2) is 13.2. The van der Waals surface area contributed by atoms with Crippen LogP contribution in [0.2, 0.25) is 0 Å². The fourth-order valence-electron chi connectivity index (χ4n) is 8.64. The summed E-state index contributed by atoms with van der Waals surface area (Å²) in [5.41, 5.74) is 11.5. The molecule has 2 nitrogen and oxygen atoms in total. The summed E-state index contributed by atoms with van der Waals surface area (Å²) >= 11 is 0. The van der Waals surface area contributed by atoms with Gasteiger partial charge in [0.05, 0.1) is 5.39 Å². The van der Waals surface area contributed by atoms with Crippen LogP contribution in [0, 0.1) is 0 Å². The van der Waals surface area contributed by atoms with Crippen LogP contribution in [0.15, 0.2) is 217 Å². The number of para-hydroxylation sites is 1. The lowest BCUT2D eigenvalue weighted by molar-refractivity contribution is -0.703. The Morgan fingerprint density at radius 2 is 0.911 bits per heavy atom. The molecule has 0 saturated carbocycles. The molecule has 11 rings (SSSR count). The fraction of sp³-hybridized carbons (Fsp3) is 0.0185. The van der Waals surface area contributed by atoms with Gasteiger partial charge in [0.2, 0.25) is 6.04 Å². The van der Waals surface area contributed by atoms with Gasteiger partial charge in [0.15, 0.2) is 12.4 Å². The fourth-order valence-corrected chi connectivity index (χ4v) is 8.64. The lowest BCUT2D eigenvalue weighted by Gasteiger charge is -2.16. The Morgan fingerprint density at radius 1 is 0.357 bits per heavy atom. The first-order valence-electron chi connectivity index (χ1n) is 19.3. The number of benzene rings is 9. The number of fused-ring (bicyclic) bond motifs is 8. The maximum atomic E-state index is 6.50. The third-order valence-electron chi connectivity index (χ3n) is 11.5. The zero-order valence-corrected chi connectivity index (χ0v) is 30.6. The number of hydrogen-bond donors (Lipinski definition) is 0. The average Bonchev–Trinajstić information content (AvgIpc) is 3.67. The number of furan rings is 1. The molecule has 0 aliphatic rings. The van der Waals surface area contributed by atoms with Gasteiger partial charge >= 0.3 is 0 Å². The predicted octanol–water partition coefficient (Wildman–Crippen LogP) is 14.0. The number of hydrogen-bond acceptors (Lipinski definition) is 1. The van der Waals surface area contributed by atoms with E-state index in [1.54, 1.807) is 0 Å². The van der Waals surface area contributed by atoms with E-state index in [-0.39, 0.29) is 6.04 Å². The van der Waals surface area contributed by atoms with Crippen molar-refractivity contribution in [2.75, 3.05) is 0 Å². The smallest absolute Gasteiger partial charge is 0.208 e. The average molecular weight is 715 g/mol. The SMILES string of the molecule is c1ccc(-c2ccc(C(c3ccc(-c4ccc(-c5cc6ccccc6c6ccccc56)cc4)cc3)[n+]3ccc4ccc5c6ccccc6oc5c4c3)cc2)cc1. The van der Waals surface area contributed by atoms with Crippen molar-refractivity contribution in [3.8, 4) is 33.4 Å². The van der Waals surface area contributed by atoms with E-state index in [0.717, 1.165) is 32.7 Å². The Kier molecular flexibility index (Phi) is 7.60. The molecule has 2 heterocycles. The second-order valence-electron chi connectivity index (χ2n) is 14.7. The summed E-state index contributed by atoms with van der Waals surface area (Å²) in [7, 11) is 0. The predicted molar refractivity (Wildman–Crippen MR) is 233 cm³/mol. The van der Waals surface area contributed by atoms with Gasteiger partial charge < -0.3 is 4.42 Å². The molecule has 1 unspecified atom stereocenters. The van der Waals surface area contributed by atoms with Crippen LogP contribution in [0.1, 0.15) is 17.2 Å². The van der Waals surface area contributed by atoms with Crippen molar-refractivity contribution in [3.63, 3.8) is 0 Å². The lowest BCUT2D eigenvalue weighted by Crippen LogP contribution is -2.40. The first-order chi connectivity index (χ1) is 27.7. The van der Waals surface area contributed by atoms with E-state index < -0.39 is 0 Å². The summed E-state index contributed by atoms with van der Waals surface area (Å²) < 4.78 is 8.84. The molecule has 2 aromatic heterocycles. The molecule has 9 aromatic carbocycles. The van der Waals surface area contributed by atoms with E-state index in [1.165, 1.54) is 66.1 Å². The standard InChI is InChI=1S/C54H36NO/c1-2-10-36(11-3-1)37-20-26-42(27-21-37)53(55-33-32-41-30-31-49-48-16-8-9-17-52(48)56-54(49)51(41)35-55)43-28-22-39(23-29-43)38-18-24-40(25-19-38)50-34-44-12-4-5-13-45(44)46-14-6-7-15-47(46)50/h1-35,53H/q+1. The molecular weight excluding hydrogens is 679 g/mol. The minimum absolute atomic E-state index is 0.0542. The zero-order valence-electron chi connectivity index (χ0n) is 30.6. The van der Waals surface area contributed by atoms with E-state index >= 15 is 0 Å². The van der Waals surface area contributed by atoms with Crippen molar-refractivity contribution in [2.45, 2.75) is 6.04 Å². The highest BCUT2D eigenvalue weighted by molar-refractivity contribution is 6.15. The summed E-state index contributed by atoms with van der Waals surface area (Å²) in [5.74, 6) is 0. The number of rotatable bonds is 6. The van der Waals surface area contributed by atoms with Crippen LogP contribution in [0.25, 0.3) is 87.6 Å². The quantitative estimate of drug-likeness (QED) is 0.124. The van der Waals surface area contributed by atoms with Crippen molar-refractivity contribution in [1.82, 2.24) is 0 Å². The van der Waals surface area contributed by atoms with Gasteiger partial charge in [-0.05, 0) is 78.5 Å². The van der Waals surface area contributed by atoms with Crippen LogP contribution in [0.3, 0.4) is 0 Å². The Labute approximate surface area is 325 Å². The van der Waals surface area contributed by atoms with E-state index in [1.807, 2.05) is 6.07 Å². The molecular formula is C54H36NO+. The van der Waals surface area contributed by atoms with E-state index in [9.17, 15) is 0 Å². The molecule has 1 atom stereocenters. The molecule has 0 saturated heterocycles. The summed E-state index contributed by atoms with van der Waals surface area (Å²) in [6.07, 6.45) is 4.47. The molecule has 2 heteroatoms. The number of pyridine rings is 1. The summed E-state index contributed by atoms with van der Waals surface area (Å²) in [6, 6.07) is 72.3. The van der Waals surface area contributed by atoms with Gasteiger partial charge in [0.25, 0.3) is 0 Å². The lowest BCUT2D eigenvalue weighted by atomic mass is 9.92. The molecule has 0 bridgehead atoms. The third kappa shape index (κ3) is 5.46. The first-order valence-corrected chi connectivity index (χ1v) is 19.3. The van der Waals surface area contributed by atoms with Crippen LogP contribution in [0.4, 0.5) is 0 Å². The molecule has 56 heavy (non-hydrogen) atoms.